The fraction of sp³-hybridized carbons (Fsp3) is 0.667. The maximum Gasteiger partial charge on any atom is 0.193 e. The Bertz CT molecular complexity index is 619. The third-order valence-electron chi connectivity index (χ3n) is 5.09. The summed E-state index contributed by atoms with van der Waals surface area (Å²) in [6.07, 6.45) is 1.12. The first-order valence-electron chi connectivity index (χ1n) is 10.00. The van der Waals surface area contributed by atoms with Crippen LogP contribution >= 0.6 is 0 Å². The lowest BCUT2D eigenvalue weighted by Crippen LogP contribution is -2.53. The van der Waals surface area contributed by atoms with E-state index in [-0.39, 0.29) is 4.75 Å². The van der Waals surface area contributed by atoms with Gasteiger partial charge >= 0.3 is 0 Å². The summed E-state index contributed by atoms with van der Waals surface area (Å²) in [5.74, 6) is 1.57. The van der Waals surface area contributed by atoms with Gasteiger partial charge in [0, 0.05) is 67.1 Å². The van der Waals surface area contributed by atoms with Crippen LogP contribution in [0.3, 0.4) is 0 Å². The largest absolute Gasteiger partial charge is 0.355 e. The molecule has 0 amide bonds. The van der Waals surface area contributed by atoms with Gasteiger partial charge in [0.15, 0.2) is 5.96 Å². The summed E-state index contributed by atoms with van der Waals surface area (Å²) in [6.45, 7) is 13.0. The lowest BCUT2D eigenvalue weighted by molar-refractivity contribution is 0.127. The highest BCUT2D eigenvalue weighted by atomic mass is 32.2. The van der Waals surface area contributed by atoms with E-state index in [1.807, 2.05) is 27.8 Å². The minimum Gasteiger partial charge on any atom is -0.355 e. The molecule has 5 nitrogen and oxygen atoms in total. The lowest BCUT2D eigenvalue weighted by Gasteiger charge is -2.40. The Labute approximate surface area is 167 Å². The molecule has 2 unspecified atom stereocenters. The number of hydrogen-bond acceptors (Lipinski definition) is 3. The van der Waals surface area contributed by atoms with Crippen LogP contribution in [0.15, 0.2) is 35.3 Å². The van der Waals surface area contributed by atoms with E-state index >= 15 is 0 Å². The molecular formula is C21H36N4OS. The monoisotopic (exact) mass is 392 g/mol. The number of nitrogens with zero attached hydrogens (tertiary/aromatic N) is 3. The topological polar surface area (TPSA) is 47.9 Å². The van der Waals surface area contributed by atoms with Gasteiger partial charge in [-0.3, -0.25) is 14.1 Å². The van der Waals surface area contributed by atoms with Gasteiger partial charge in [0.2, 0.25) is 0 Å². The quantitative estimate of drug-likeness (QED) is 0.597. The Hall–Kier alpha value is -1.40. The number of guanidine groups is 1. The van der Waals surface area contributed by atoms with E-state index in [1.54, 1.807) is 0 Å². The third kappa shape index (κ3) is 6.32. The van der Waals surface area contributed by atoms with E-state index in [1.165, 1.54) is 5.56 Å². The molecule has 152 valence electrons. The maximum absolute atomic E-state index is 12.2. The first-order chi connectivity index (χ1) is 12.9. The average molecular weight is 393 g/mol. The zero-order chi connectivity index (χ0) is 19.9. The van der Waals surface area contributed by atoms with E-state index in [9.17, 15) is 4.21 Å². The van der Waals surface area contributed by atoms with Crippen LogP contribution in [0.2, 0.25) is 0 Å². The van der Waals surface area contributed by atoms with Crippen molar-refractivity contribution >= 4 is 16.8 Å². The Balaban J connectivity index is 1.85. The van der Waals surface area contributed by atoms with Gasteiger partial charge in [-0.1, -0.05) is 37.3 Å². The highest BCUT2D eigenvalue weighted by Gasteiger charge is 2.25. The molecule has 1 aliphatic heterocycles. The van der Waals surface area contributed by atoms with Crippen LogP contribution in [-0.2, 0) is 10.8 Å². The van der Waals surface area contributed by atoms with Gasteiger partial charge in [-0.2, -0.15) is 0 Å². The van der Waals surface area contributed by atoms with Crippen molar-refractivity contribution in [3.8, 4) is 0 Å². The Kier molecular flexibility index (Phi) is 8.29. The van der Waals surface area contributed by atoms with E-state index in [0.29, 0.717) is 18.3 Å². The highest BCUT2D eigenvalue weighted by Crippen LogP contribution is 2.25. The van der Waals surface area contributed by atoms with E-state index in [4.69, 9.17) is 0 Å². The Morgan fingerprint density at radius 3 is 2.33 bits per heavy atom. The van der Waals surface area contributed by atoms with Gasteiger partial charge in [-0.15, -0.1) is 0 Å². The zero-order valence-corrected chi connectivity index (χ0v) is 18.4. The molecule has 1 N–H and O–H groups in total. The summed E-state index contributed by atoms with van der Waals surface area (Å²) in [6, 6.07) is 11.3. The zero-order valence-electron chi connectivity index (χ0n) is 17.6. The number of hydrogen-bond donors (Lipinski definition) is 1. The highest BCUT2D eigenvalue weighted by molar-refractivity contribution is 7.86. The second-order valence-corrected chi connectivity index (χ2v) is 10.3. The Morgan fingerprint density at radius 2 is 1.81 bits per heavy atom. The Morgan fingerprint density at radius 1 is 1.19 bits per heavy atom. The van der Waals surface area contributed by atoms with Gasteiger partial charge in [-0.05, 0) is 32.8 Å². The minimum absolute atomic E-state index is 0.163. The molecule has 0 radical (unpaired) electrons. The van der Waals surface area contributed by atoms with Crippen LogP contribution in [0.4, 0.5) is 0 Å². The second kappa shape index (κ2) is 10.2. The molecule has 27 heavy (non-hydrogen) atoms. The number of nitrogens with one attached hydrogen (secondary N) is 1. The van der Waals surface area contributed by atoms with Gasteiger partial charge in [-0.25, -0.2) is 0 Å². The standard InChI is InChI=1S/C21H36N4OS/c1-6-19(18-10-8-7-9-11-18)24-13-15-25(16-14-24)20(22-5)23-12-17-27(26)21(2,3)4/h7-11,19H,6,12-17H2,1-5H3,(H,22,23). The van der Waals surface area contributed by atoms with Gasteiger partial charge in [0.05, 0.1) is 0 Å². The predicted octanol–water partition coefficient (Wildman–Crippen LogP) is 2.88. The van der Waals surface area contributed by atoms with Gasteiger partial charge in [0.25, 0.3) is 0 Å². The number of rotatable bonds is 6. The average Bonchev–Trinajstić information content (AvgIpc) is 2.66. The molecule has 1 heterocycles. The molecule has 0 saturated carbocycles. The van der Waals surface area contributed by atoms with Gasteiger partial charge < -0.3 is 10.2 Å². The molecule has 0 aromatic heterocycles. The summed E-state index contributed by atoms with van der Waals surface area (Å²) in [5, 5.41) is 3.40. The second-order valence-electron chi connectivity index (χ2n) is 7.99. The molecule has 1 aromatic rings. The normalized spacial score (nSPS) is 19.0. The van der Waals surface area contributed by atoms with Crippen molar-refractivity contribution in [2.24, 2.45) is 4.99 Å². The number of aliphatic imine (C=N–C) groups is 1. The molecule has 1 fully saturated rings. The summed E-state index contributed by atoms with van der Waals surface area (Å²) in [7, 11) is 0.988. The smallest absolute Gasteiger partial charge is 0.193 e. The van der Waals surface area contributed by atoms with E-state index in [2.05, 4.69) is 57.4 Å². The summed E-state index contributed by atoms with van der Waals surface area (Å²) < 4.78 is 12.0. The third-order valence-corrected chi connectivity index (χ3v) is 7.03. The van der Waals surface area contributed by atoms with Crippen molar-refractivity contribution in [2.45, 2.75) is 44.9 Å². The van der Waals surface area contributed by atoms with Crippen LogP contribution in [0.25, 0.3) is 0 Å². The van der Waals surface area contributed by atoms with Crippen molar-refractivity contribution < 1.29 is 4.21 Å². The van der Waals surface area contributed by atoms with Crippen molar-refractivity contribution in [3.05, 3.63) is 35.9 Å². The van der Waals surface area contributed by atoms with E-state index < -0.39 is 10.8 Å². The molecule has 2 atom stereocenters. The predicted molar refractivity (Wildman–Crippen MR) is 117 cm³/mol. The molecule has 1 aliphatic rings. The van der Waals surface area contributed by atoms with Crippen LogP contribution < -0.4 is 5.32 Å². The van der Waals surface area contributed by atoms with Crippen molar-refractivity contribution in [1.82, 2.24) is 15.1 Å². The van der Waals surface area contributed by atoms with Crippen LogP contribution in [0, 0.1) is 0 Å². The molecule has 0 bridgehead atoms. The molecule has 2 rings (SSSR count). The van der Waals surface area contributed by atoms with Crippen molar-refractivity contribution in [2.75, 3.05) is 45.5 Å². The molecule has 0 spiro atoms. The van der Waals surface area contributed by atoms with Crippen molar-refractivity contribution in [1.29, 1.82) is 0 Å². The fourth-order valence-electron chi connectivity index (χ4n) is 3.52. The van der Waals surface area contributed by atoms with E-state index in [0.717, 1.165) is 38.6 Å². The van der Waals surface area contributed by atoms with Gasteiger partial charge in [0.1, 0.15) is 0 Å². The molecule has 0 aliphatic carbocycles. The fourth-order valence-corrected chi connectivity index (χ4v) is 4.42. The lowest BCUT2D eigenvalue weighted by atomic mass is 10.0. The molecular weight excluding hydrogens is 356 g/mol. The maximum atomic E-state index is 12.2. The number of benzene rings is 1. The first kappa shape index (κ1) is 21.9. The molecule has 6 heteroatoms. The molecule has 1 aromatic carbocycles. The van der Waals surface area contributed by atoms with Crippen molar-refractivity contribution in [3.63, 3.8) is 0 Å². The van der Waals surface area contributed by atoms with Crippen LogP contribution in [0.1, 0.15) is 45.7 Å². The summed E-state index contributed by atoms with van der Waals surface area (Å²) >= 11 is 0. The van der Waals surface area contributed by atoms with Crippen LogP contribution in [0.5, 0.6) is 0 Å². The summed E-state index contributed by atoms with van der Waals surface area (Å²) in [4.78, 5) is 9.32. The minimum atomic E-state index is -0.839. The van der Waals surface area contributed by atoms with Crippen LogP contribution in [-0.4, -0.2) is 70.2 Å². The summed E-state index contributed by atoms with van der Waals surface area (Å²) in [5.41, 5.74) is 1.40. The molecule has 1 saturated heterocycles. The number of piperazine rings is 1. The first-order valence-corrected chi connectivity index (χ1v) is 11.3. The SMILES string of the molecule is CCC(c1ccccc1)N1CCN(C(=NC)NCCS(=O)C(C)(C)C)CC1.